The number of aromatic nitrogens is 3. The highest BCUT2D eigenvalue weighted by Gasteiger charge is 2.15. The van der Waals surface area contributed by atoms with E-state index in [0.717, 1.165) is 6.54 Å². The molecule has 2 rings (SSSR count). The fourth-order valence-electron chi connectivity index (χ4n) is 2.26. The molecule has 1 atom stereocenters. The Morgan fingerprint density at radius 1 is 1.25 bits per heavy atom. The van der Waals surface area contributed by atoms with E-state index >= 15 is 0 Å². The number of H-pyrrole nitrogens is 1. The van der Waals surface area contributed by atoms with E-state index in [1.165, 1.54) is 5.56 Å². The molecule has 0 aliphatic heterocycles. The van der Waals surface area contributed by atoms with Gasteiger partial charge in [-0.25, -0.2) is 4.98 Å². The summed E-state index contributed by atoms with van der Waals surface area (Å²) in [6, 6.07) is 10.5. The maximum Gasteiger partial charge on any atom is 0.164 e. The molecule has 3 N–H and O–H groups in total. The first-order valence-corrected chi connectivity index (χ1v) is 6.97. The molecule has 5 heteroatoms. The molecule has 20 heavy (non-hydrogen) atoms. The van der Waals surface area contributed by atoms with Crippen LogP contribution < -0.4 is 5.32 Å². The Morgan fingerprint density at radius 2 is 2.00 bits per heavy atom. The minimum atomic E-state index is -0.106. The van der Waals surface area contributed by atoms with Crippen LogP contribution in [0.25, 0.3) is 0 Å². The van der Waals surface area contributed by atoms with Gasteiger partial charge in [0.1, 0.15) is 12.4 Å². The molecule has 0 fully saturated rings. The van der Waals surface area contributed by atoms with Gasteiger partial charge in [-0.15, -0.1) is 0 Å². The van der Waals surface area contributed by atoms with Crippen LogP contribution in [-0.4, -0.2) is 26.8 Å². The number of aliphatic hydroxyl groups is 1. The van der Waals surface area contributed by atoms with Gasteiger partial charge in [-0.3, -0.25) is 5.10 Å². The minimum Gasteiger partial charge on any atom is -0.388 e. The van der Waals surface area contributed by atoms with Crippen LogP contribution in [-0.2, 0) is 13.2 Å². The van der Waals surface area contributed by atoms with Crippen molar-refractivity contribution in [2.75, 3.05) is 6.54 Å². The van der Waals surface area contributed by atoms with Crippen LogP contribution in [0.3, 0.4) is 0 Å². The smallest absolute Gasteiger partial charge is 0.164 e. The zero-order chi connectivity index (χ0) is 14.4. The van der Waals surface area contributed by atoms with Gasteiger partial charge in [0.2, 0.25) is 0 Å². The van der Waals surface area contributed by atoms with Gasteiger partial charge in [-0.1, -0.05) is 44.2 Å². The monoisotopic (exact) mass is 274 g/mol. The molecule has 2 aromatic rings. The van der Waals surface area contributed by atoms with Crippen molar-refractivity contribution in [3.8, 4) is 0 Å². The van der Waals surface area contributed by atoms with E-state index in [1.807, 2.05) is 6.07 Å². The summed E-state index contributed by atoms with van der Waals surface area (Å²) in [5.74, 6) is 2.22. The number of hydrogen-bond donors (Lipinski definition) is 3. The first-order chi connectivity index (χ1) is 9.70. The Labute approximate surface area is 119 Å². The lowest BCUT2D eigenvalue weighted by Gasteiger charge is -2.21. The normalized spacial score (nSPS) is 12.8. The fourth-order valence-corrected chi connectivity index (χ4v) is 2.26. The molecular formula is C15H22N4O. The summed E-state index contributed by atoms with van der Waals surface area (Å²) in [4.78, 5) is 4.16. The van der Waals surface area contributed by atoms with Crippen molar-refractivity contribution in [2.24, 2.45) is 5.92 Å². The van der Waals surface area contributed by atoms with Crippen molar-refractivity contribution >= 4 is 0 Å². The number of nitrogens with one attached hydrogen (secondary N) is 2. The third-order valence-corrected chi connectivity index (χ3v) is 3.41. The maximum atomic E-state index is 8.93. The molecule has 1 unspecified atom stereocenters. The van der Waals surface area contributed by atoms with E-state index in [4.69, 9.17) is 5.11 Å². The van der Waals surface area contributed by atoms with E-state index in [1.54, 1.807) is 0 Å². The number of nitrogens with zero attached hydrogens (tertiary/aromatic N) is 2. The lowest BCUT2D eigenvalue weighted by Crippen LogP contribution is -2.25. The molecule has 1 heterocycles. The van der Waals surface area contributed by atoms with E-state index in [0.29, 0.717) is 30.0 Å². The lowest BCUT2D eigenvalue weighted by molar-refractivity contribution is 0.271. The zero-order valence-corrected chi connectivity index (χ0v) is 12.0. The highest BCUT2D eigenvalue weighted by atomic mass is 16.3. The molecule has 0 amide bonds. The predicted molar refractivity (Wildman–Crippen MR) is 78.0 cm³/mol. The molecule has 0 bridgehead atoms. The molecule has 0 aliphatic carbocycles. The molecule has 0 saturated carbocycles. The van der Waals surface area contributed by atoms with Gasteiger partial charge in [0.15, 0.2) is 5.82 Å². The molecule has 5 nitrogen and oxygen atoms in total. The second kappa shape index (κ2) is 7.17. The van der Waals surface area contributed by atoms with Gasteiger partial charge in [0, 0.05) is 6.54 Å². The van der Waals surface area contributed by atoms with Crippen LogP contribution in [0.4, 0.5) is 0 Å². The summed E-state index contributed by atoms with van der Waals surface area (Å²) in [5.41, 5.74) is 1.35. The maximum absolute atomic E-state index is 8.93. The van der Waals surface area contributed by atoms with E-state index in [2.05, 4.69) is 58.6 Å². The Balaban J connectivity index is 1.90. The SMILES string of the molecule is CC(C)C(CNCc1n[nH]c(CO)n1)c1ccccc1. The van der Waals surface area contributed by atoms with Crippen LogP contribution in [0, 0.1) is 5.92 Å². The Morgan fingerprint density at radius 3 is 2.60 bits per heavy atom. The summed E-state index contributed by atoms with van der Waals surface area (Å²) in [6.45, 7) is 5.84. The fraction of sp³-hybridized carbons (Fsp3) is 0.467. The van der Waals surface area contributed by atoms with Crippen LogP contribution in [0.5, 0.6) is 0 Å². The van der Waals surface area contributed by atoms with Gasteiger partial charge in [-0.05, 0) is 17.4 Å². The average Bonchev–Trinajstić information content (AvgIpc) is 2.92. The van der Waals surface area contributed by atoms with Crippen molar-refractivity contribution in [3.05, 3.63) is 47.5 Å². The molecule has 0 saturated heterocycles. The second-order valence-corrected chi connectivity index (χ2v) is 5.25. The van der Waals surface area contributed by atoms with E-state index in [-0.39, 0.29) is 6.61 Å². The number of hydrogen-bond acceptors (Lipinski definition) is 4. The van der Waals surface area contributed by atoms with Gasteiger partial charge < -0.3 is 10.4 Å². The number of rotatable bonds is 7. The second-order valence-electron chi connectivity index (χ2n) is 5.25. The van der Waals surface area contributed by atoms with E-state index in [9.17, 15) is 0 Å². The Bertz CT molecular complexity index is 510. The number of aromatic amines is 1. The van der Waals surface area contributed by atoms with Gasteiger partial charge in [0.25, 0.3) is 0 Å². The predicted octanol–water partition coefficient (Wildman–Crippen LogP) is 1.83. The van der Waals surface area contributed by atoms with E-state index < -0.39 is 0 Å². The average molecular weight is 274 g/mol. The summed E-state index contributed by atoms with van der Waals surface area (Å²) < 4.78 is 0. The lowest BCUT2D eigenvalue weighted by atomic mass is 9.88. The van der Waals surface area contributed by atoms with Crippen molar-refractivity contribution in [1.29, 1.82) is 0 Å². The highest BCUT2D eigenvalue weighted by molar-refractivity contribution is 5.20. The summed E-state index contributed by atoms with van der Waals surface area (Å²) in [6.07, 6.45) is 0. The van der Waals surface area contributed by atoms with Gasteiger partial charge in [-0.2, -0.15) is 5.10 Å². The summed E-state index contributed by atoms with van der Waals surface area (Å²) in [5, 5.41) is 19.1. The standard InChI is InChI=1S/C15H22N4O/c1-11(2)13(12-6-4-3-5-7-12)8-16-9-14-17-15(10-20)19-18-14/h3-7,11,13,16,20H,8-10H2,1-2H3,(H,17,18,19). The van der Waals surface area contributed by atoms with Crippen LogP contribution in [0.2, 0.25) is 0 Å². The third-order valence-electron chi connectivity index (χ3n) is 3.41. The zero-order valence-electron chi connectivity index (χ0n) is 12.0. The molecule has 1 aromatic heterocycles. The molecule has 1 aromatic carbocycles. The summed E-state index contributed by atoms with van der Waals surface area (Å²) in [7, 11) is 0. The van der Waals surface area contributed by atoms with Crippen LogP contribution >= 0.6 is 0 Å². The molecule has 108 valence electrons. The molecule has 0 aliphatic rings. The Hall–Kier alpha value is -1.72. The Kier molecular flexibility index (Phi) is 5.26. The van der Waals surface area contributed by atoms with Gasteiger partial charge in [0.05, 0.1) is 6.54 Å². The molecule has 0 spiro atoms. The van der Waals surface area contributed by atoms with Crippen molar-refractivity contribution in [1.82, 2.24) is 20.5 Å². The number of aliphatic hydroxyl groups excluding tert-OH is 1. The van der Waals surface area contributed by atoms with Crippen LogP contribution in [0.1, 0.15) is 37.0 Å². The molecular weight excluding hydrogens is 252 g/mol. The number of benzene rings is 1. The molecule has 0 radical (unpaired) electrons. The van der Waals surface area contributed by atoms with Crippen molar-refractivity contribution < 1.29 is 5.11 Å². The third kappa shape index (κ3) is 3.88. The summed E-state index contributed by atoms with van der Waals surface area (Å²) >= 11 is 0. The minimum absolute atomic E-state index is 0.106. The topological polar surface area (TPSA) is 73.8 Å². The first-order valence-electron chi connectivity index (χ1n) is 6.97. The largest absolute Gasteiger partial charge is 0.388 e. The first kappa shape index (κ1) is 14.7. The van der Waals surface area contributed by atoms with Crippen LogP contribution in [0.15, 0.2) is 30.3 Å². The quantitative estimate of drug-likeness (QED) is 0.720. The van der Waals surface area contributed by atoms with Crippen molar-refractivity contribution in [3.63, 3.8) is 0 Å². The van der Waals surface area contributed by atoms with Gasteiger partial charge >= 0.3 is 0 Å². The van der Waals surface area contributed by atoms with Crippen molar-refractivity contribution in [2.45, 2.75) is 32.9 Å². The highest BCUT2D eigenvalue weighted by Crippen LogP contribution is 2.23.